The third kappa shape index (κ3) is 3.19. The molecule has 3 rings (SSSR count). The van der Waals surface area contributed by atoms with Crippen molar-refractivity contribution in [2.75, 3.05) is 11.4 Å². The van der Waals surface area contributed by atoms with E-state index in [1.807, 2.05) is 24.3 Å². The predicted molar refractivity (Wildman–Crippen MR) is 90.4 cm³/mol. The third-order valence-electron chi connectivity index (χ3n) is 4.08. The first-order chi connectivity index (χ1) is 10.6. The summed E-state index contributed by atoms with van der Waals surface area (Å²) in [4.78, 5) is 7.19. The number of benzene rings is 2. The van der Waals surface area contributed by atoms with E-state index in [9.17, 15) is 4.39 Å². The fraction of sp³-hybridized carbons (Fsp3) is 0.316. The molecule has 0 unspecified atom stereocenters. The summed E-state index contributed by atoms with van der Waals surface area (Å²) in [5.41, 5.74) is 4.55. The maximum absolute atomic E-state index is 13.1. The van der Waals surface area contributed by atoms with Crippen molar-refractivity contribution in [3.63, 3.8) is 0 Å². The zero-order valence-corrected chi connectivity index (χ0v) is 13.1. The van der Waals surface area contributed by atoms with Gasteiger partial charge in [-0.05, 0) is 35.7 Å². The van der Waals surface area contributed by atoms with E-state index in [0.29, 0.717) is 5.92 Å². The van der Waals surface area contributed by atoms with Crippen LogP contribution in [0.15, 0.2) is 53.5 Å². The van der Waals surface area contributed by atoms with E-state index in [1.165, 1.54) is 17.8 Å². The molecule has 3 heteroatoms. The summed E-state index contributed by atoms with van der Waals surface area (Å²) in [7, 11) is 0. The lowest BCUT2D eigenvalue weighted by atomic mass is 10.1. The van der Waals surface area contributed by atoms with E-state index in [1.54, 1.807) is 0 Å². The van der Waals surface area contributed by atoms with Gasteiger partial charge in [-0.2, -0.15) is 0 Å². The summed E-state index contributed by atoms with van der Waals surface area (Å²) in [6.45, 7) is 6.09. The highest BCUT2D eigenvalue weighted by Crippen LogP contribution is 2.33. The van der Waals surface area contributed by atoms with Crippen LogP contribution in [0.4, 0.5) is 15.8 Å². The number of hydrogen-bond donors (Lipinski definition) is 0. The molecule has 2 aromatic carbocycles. The van der Waals surface area contributed by atoms with Gasteiger partial charge in [0.25, 0.3) is 0 Å². The standard InChI is InChI=1S/C19H21FN2/c1-14(2)17-11-12-22(13-15-7-9-16(20)10-8-15)19-6-4-3-5-18(19)21-17/h3-10,14H,11-13H2,1-2H3. The average Bonchev–Trinajstić information content (AvgIpc) is 2.70. The Labute approximate surface area is 131 Å². The minimum atomic E-state index is -0.189. The molecule has 22 heavy (non-hydrogen) atoms. The topological polar surface area (TPSA) is 15.6 Å². The monoisotopic (exact) mass is 296 g/mol. The van der Waals surface area contributed by atoms with Gasteiger partial charge in [0.2, 0.25) is 0 Å². The third-order valence-corrected chi connectivity index (χ3v) is 4.08. The zero-order valence-electron chi connectivity index (χ0n) is 13.1. The molecular formula is C19H21FN2. The molecule has 0 N–H and O–H groups in total. The van der Waals surface area contributed by atoms with Crippen molar-refractivity contribution in [2.45, 2.75) is 26.8 Å². The number of fused-ring (bicyclic) bond motifs is 1. The van der Waals surface area contributed by atoms with Crippen LogP contribution in [0.25, 0.3) is 0 Å². The maximum atomic E-state index is 13.1. The van der Waals surface area contributed by atoms with E-state index < -0.39 is 0 Å². The van der Waals surface area contributed by atoms with Gasteiger partial charge in [0.1, 0.15) is 5.82 Å². The second-order valence-corrected chi connectivity index (χ2v) is 6.04. The fourth-order valence-corrected chi connectivity index (χ4v) is 2.80. The summed E-state index contributed by atoms with van der Waals surface area (Å²) in [6, 6.07) is 15.0. The van der Waals surface area contributed by atoms with Crippen LogP contribution >= 0.6 is 0 Å². The molecule has 0 saturated heterocycles. The number of anilines is 1. The Morgan fingerprint density at radius 1 is 1.09 bits per heavy atom. The van der Waals surface area contributed by atoms with Gasteiger partial charge in [-0.25, -0.2) is 4.39 Å². The van der Waals surface area contributed by atoms with Crippen molar-refractivity contribution in [3.8, 4) is 0 Å². The molecule has 0 bridgehead atoms. The van der Waals surface area contributed by atoms with Crippen molar-refractivity contribution in [1.29, 1.82) is 0 Å². The van der Waals surface area contributed by atoms with Gasteiger partial charge in [-0.15, -0.1) is 0 Å². The second-order valence-electron chi connectivity index (χ2n) is 6.04. The minimum absolute atomic E-state index is 0.189. The van der Waals surface area contributed by atoms with Gasteiger partial charge in [-0.3, -0.25) is 4.99 Å². The van der Waals surface area contributed by atoms with Gasteiger partial charge in [0.15, 0.2) is 0 Å². The Bertz CT molecular complexity index is 674. The van der Waals surface area contributed by atoms with Crippen LogP contribution in [-0.4, -0.2) is 12.3 Å². The first-order valence-corrected chi connectivity index (χ1v) is 7.79. The lowest BCUT2D eigenvalue weighted by Gasteiger charge is -2.24. The van der Waals surface area contributed by atoms with E-state index in [2.05, 4.69) is 30.9 Å². The second kappa shape index (κ2) is 6.30. The lowest BCUT2D eigenvalue weighted by molar-refractivity contribution is 0.626. The molecule has 1 aliphatic heterocycles. The largest absolute Gasteiger partial charge is 0.365 e. The van der Waals surface area contributed by atoms with Crippen molar-refractivity contribution in [1.82, 2.24) is 0 Å². The molecule has 2 aromatic rings. The first kappa shape index (κ1) is 14.8. The lowest BCUT2D eigenvalue weighted by Crippen LogP contribution is -2.25. The first-order valence-electron chi connectivity index (χ1n) is 7.79. The van der Waals surface area contributed by atoms with Crippen LogP contribution in [0.3, 0.4) is 0 Å². The summed E-state index contributed by atoms with van der Waals surface area (Å²) in [5.74, 6) is 0.268. The van der Waals surface area contributed by atoms with Gasteiger partial charge in [0.05, 0.1) is 11.4 Å². The van der Waals surface area contributed by atoms with Gasteiger partial charge in [0, 0.05) is 25.2 Å². The molecule has 0 radical (unpaired) electrons. The van der Waals surface area contributed by atoms with Crippen LogP contribution in [0.2, 0.25) is 0 Å². The molecule has 0 spiro atoms. The Balaban J connectivity index is 1.90. The molecule has 0 amide bonds. The average molecular weight is 296 g/mol. The summed E-state index contributed by atoms with van der Waals surface area (Å²) in [5, 5.41) is 0. The van der Waals surface area contributed by atoms with Crippen LogP contribution < -0.4 is 4.90 Å². The highest BCUT2D eigenvalue weighted by molar-refractivity contribution is 5.92. The molecule has 0 aliphatic carbocycles. The summed E-state index contributed by atoms with van der Waals surface area (Å²) < 4.78 is 13.1. The van der Waals surface area contributed by atoms with E-state index >= 15 is 0 Å². The minimum Gasteiger partial charge on any atom is -0.365 e. The van der Waals surface area contributed by atoms with Crippen molar-refractivity contribution in [3.05, 3.63) is 59.9 Å². The number of nitrogens with zero attached hydrogens (tertiary/aromatic N) is 2. The summed E-state index contributed by atoms with van der Waals surface area (Å²) in [6.07, 6.45) is 0.966. The molecule has 1 aliphatic rings. The van der Waals surface area contributed by atoms with Crippen LogP contribution in [-0.2, 0) is 6.54 Å². The molecule has 0 aromatic heterocycles. The number of aliphatic imine (C=N–C) groups is 1. The Morgan fingerprint density at radius 3 is 2.55 bits per heavy atom. The molecule has 114 valence electrons. The highest BCUT2D eigenvalue weighted by Gasteiger charge is 2.18. The van der Waals surface area contributed by atoms with Gasteiger partial charge < -0.3 is 4.90 Å². The number of halogens is 1. The van der Waals surface area contributed by atoms with Crippen molar-refractivity contribution >= 4 is 17.1 Å². The zero-order chi connectivity index (χ0) is 15.5. The fourth-order valence-electron chi connectivity index (χ4n) is 2.80. The smallest absolute Gasteiger partial charge is 0.123 e. The van der Waals surface area contributed by atoms with Crippen molar-refractivity contribution < 1.29 is 4.39 Å². The Hall–Kier alpha value is -2.16. The molecule has 2 nitrogen and oxygen atoms in total. The van der Waals surface area contributed by atoms with Crippen molar-refractivity contribution in [2.24, 2.45) is 10.9 Å². The quantitative estimate of drug-likeness (QED) is 0.781. The maximum Gasteiger partial charge on any atom is 0.123 e. The van der Waals surface area contributed by atoms with E-state index in [-0.39, 0.29) is 5.82 Å². The summed E-state index contributed by atoms with van der Waals surface area (Å²) >= 11 is 0. The van der Waals surface area contributed by atoms with Gasteiger partial charge >= 0.3 is 0 Å². The van der Waals surface area contributed by atoms with Gasteiger partial charge in [-0.1, -0.05) is 38.1 Å². The Morgan fingerprint density at radius 2 is 1.82 bits per heavy atom. The Kier molecular flexibility index (Phi) is 4.23. The number of hydrogen-bond acceptors (Lipinski definition) is 2. The van der Waals surface area contributed by atoms with Crippen LogP contribution in [0.5, 0.6) is 0 Å². The SMILES string of the molecule is CC(C)C1=Nc2ccccc2N(Cc2ccc(F)cc2)CC1. The van der Waals surface area contributed by atoms with Crippen LogP contribution in [0.1, 0.15) is 25.8 Å². The molecule has 0 atom stereocenters. The molecular weight excluding hydrogens is 275 g/mol. The van der Waals surface area contributed by atoms with E-state index in [4.69, 9.17) is 4.99 Å². The predicted octanol–water partition coefficient (Wildman–Crippen LogP) is 4.96. The highest BCUT2D eigenvalue weighted by atomic mass is 19.1. The molecule has 0 saturated carbocycles. The normalized spacial score (nSPS) is 14.5. The van der Waals surface area contributed by atoms with E-state index in [0.717, 1.165) is 36.4 Å². The number of rotatable bonds is 3. The van der Waals surface area contributed by atoms with Crippen LogP contribution in [0, 0.1) is 11.7 Å². The number of para-hydroxylation sites is 2. The molecule has 0 fully saturated rings. The molecule has 1 heterocycles.